The van der Waals surface area contributed by atoms with E-state index in [0.29, 0.717) is 10.2 Å². The number of nitrogens with two attached hydrogens (primary N) is 1. The zero-order chi connectivity index (χ0) is 8.43. The van der Waals surface area contributed by atoms with E-state index in [0.717, 1.165) is 0 Å². The van der Waals surface area contributed by atoms with Crippen LogP contribution in [0.15, 0.2) is 16.6 Å². The molecule has 11 heavy (non-hydrogen) atoms. The smallest absolute Gasteiger partial charge is 0.149 e. The van der Waals surface area contributed by atoms with Crippen LogP contribution in [0.1, 0.15) is 0 Å². The Morgan fingerprint density at radius 1 is 1.55 bits per heavy atom. The van der Waals surface area contributed by atoms with Gasteiger partial charge >= 0.3 is 0 Å². The van der Waals surface area contributed by atoms with Crippen molar-refractivity contribution in [2.75, 3.05) is 18.1 Å². The summed E-state index contributed by atoms with van der Waals surface area (Å²) in [5.74, 6) is -0.413. The van der Waals surface area contributed by atoms with Crippen molar-refractivity contribution in [3.05, 3.63) is 22.4 Å². The molecule has 0 radical (unpaired) electrons. The van der Waals surface area contributed by atoms with E-state index < -0.39 is 5.82 Å². The highest BCUT2D eigenvalue weighted by molar-refractivity contribution is 9.10. The molecule has 0 atom stereocenters. The highest BCUT2D eigenvalue weighted by Crippen LogP contribution is 2.25. The summed E-state index contributed by atoms with van der Waals surface area (Å²) in [4.78, 5) is 0. The SMILES string of the molecule is CNc1cc(Br)cc(F)c1N. The van der Waals surface area contributed by atoms with Crippen molar-refractivity contribution in [1.82, 2.24) is 0 Å². The molecule has 0 aliphatic carbocycles. The fourth-order valence-corrected chi connectivity index (χ4v) is 1.22. The quantitative estimate of drug-likeness (QED) is 0.710. The van der Waals surface area contributed by atoms with Crippen molar-refractivity contribution >= 4 is 27.3 Å². The van der Waals surface area contributed by atoms with Gasteiger partial charge in [-0.15, -0.1) is 0 Å². The normalized spacial score (nSPS) is 9.73. The van der Waals surface area contributed by atoms with Crippen LogP contribution in [0.25, 0.3) is 0 Å². The number of nitrogens with one attached hydrogen (secondary N) is 1. The molecule has 0 spiro atoms. The van der Waals surface area contributed by atoms with Gasteiger partial charge in [-0.3, -0.25) is 0 Å². The molecule has 0 aromatic heterocycles. The predicted octanol–water partition coefficient (Wildman–Crippen LogP) is 2.21. The van der Waals surface area contributed by atoms with Crippen LogP contribution >= 0.6 is 15.9 Å². The van der Waals surface area contributed by atoms with Gasteiger partial charge in [0.1, 0.15) is 5.82 Å². The molecule has 3 N–H and O–H groups in total. The molecule has 1 aromatic rings. The van der Waals surface area contributed by atoms with Gasteiger partial charge < -0.3 is 11.1 Å². The number of nitrogen functional groups attached to an aromatic ring is 1. The van der Waals surface area contributed by atoms with E-state index >= 15 is 0 Å². The molecule has 0 saturated heterocycles. The molecule has 0 aliphatic heterocycles. The fraction of sp³-hybridized carbons (Fsp3) is 0.143. The molecule has 2 nitrogen and oxygen atoms in total. The molecule has 0 fully saturated rings. The summed E-state index contributed by atoms with van der Waals surface area (Å²) in [5.41, 5.74) is 6.15. The van der Waals surface area contributed by atoms with Crippen LogP contribution in [0.3, 0.4) is 0 Å². The van der Waals surface area contributed by atoms with E-state index in [2.05, 4.69) is 21.2 Å². The Hall–Kier alpha value is -0.770. The Morgan fingerprint density at radius 2 is 2.18 bits per heavy atom. The summed E-state index contributed by atoms with van der Waals surface area (Å²) in [5, 5.41) is 2.78. The Labute approximate surface area is 72.7 Å². The van der Waals surface area contributed by atoms with Crippen LogP contribution in [0.5, 0.6) is 0 Å². The lowest BCUT2D eigenvalue weighted by Crippen LogP contribution is -1.98. The first-order valence-corrected chi connectivity index (χ1v) is 3.86. The van der Waals surface area contributed by atoms with E-state index in [9.17, 15) is 4.39 Å². The molecule has 0 saturated carbocycles. The van der Waals surface area contributed by atoms with Crippen LogP contribution < -0.4 is 11.1 Å². The van der Waals surface area contributed by atoms with Crippen LogP contribution in [-0.4, -0.2) is 7.05 Å². The van der Waals surface area contributed by atoms with Gasteiger partial charge in [-0.1, -0.05) is 15.9 Å². The Morgan fingerprint density at radius 3 is 2.73 bits per heavy atom. The largest absolute Gasteiger partial charge is 0.395 e. The van der Waals surface area contributed by atoms with Gasteiger partial charge in [-0.2, -0.15) is 0 Å². The van der Waals surface area contributed by atoms with E-state index in [1.807, 2.05) is 0 Å². The molecule has 1 rings (SSSR count). The number of halogens is 2. The molecule has 60 valence electrons. The first kappa shape index (κ1) is 8.33. The van der Waals surface area contributed by atoms with Gasteiger partial charge in [0.05, 0.1) is 11.4 Å². The molecular weight excluding hydrogens is 211 g/mol. The Kier molecular flexibility index (Phi) is 2.34. The topological polar surface area (TPSA) is 38.0 Å². The third kappa shape index (κ3) is 1.63. The molecule has 4 heteroatoms. The minimum absolute atomic E-state index is 0.149. The van der Waals surface area contributed by atoms with Gasteiger partial charge in [0.2, 0.25) is 0 Å². The van der Waals surface area contributed by atoms with E-state index in [-0.39, 0.29) is 5.69 Å². The lowest BCUT2D eigenvalue weighted by molar-refractivity contribution is 0.632. The van der Waals surface area contributed by atoms with E-state index in [4.69, 9.17) is 5.73 Å². The molecule has 0 aliphatic rings. The Balaban J connectivity index is 3.24. The summed E-state index contributed by atoms with van der Waals surface area (Å²) >= 11 is 3.15. The molecule has 0 bridgehead atoms. The second-order valence-corrected chi connectivity index (χ2v) is 3.01. The number of benzene rings is 1. The molecule has 1 aromatic carbocycles. The molecule has 0 amide bonds. The van der Waals surface area contributed by atoms with Crippen LogP contribution in [0, 0.1) is 5.82 Å². The molecule has 0 heterocycles. The fourth-order valence-electron chi connectivity index (χ4n) is 0.792. The van der Waals surface area contributed by atoms with Gasteiger partial charge in [-0.05, 0) is 12.1 Å². The van der Waals surface area contributed by atoms with Gasteiger partial charge in [-0.25, -0.2) is 4.39 Å². The summed E-state index contributed by atoms with van der Waals surface area (Å²) in [6.45, 7) is 0. The van der Waals surface area contributed by atoms with E-state index in [1.165, 1.54) is 6.07 Å². The molecular formula is C7H8BrFN2. The van der Waals surface area contributed by atoms with Gasteiger partial charge in [0.25, 0.3) is 0 Å². The van der Waals surface area contributed by atoms with Crippen molar-refractivity contribution in [1.29, 1.82) is 0 Å². The van der Waals surface area contributed by atoms with Crippen LogP contribution in [0.4, 0.5) is 15.8 Å². The van der Waals surface area contributed by atoms with Crippen LogP contribution in [-0.2, 0) is 0 Å². The lowest BCUT2D eigenvalue weighted by Gasteiger charge is -2.05. The predicted molar refractivity (Wildman–Crippen MR) is 48.1 cm³/mol. The summed E-state index contributed by atoms with van der Waals surface area (Å²) < 4.78 is 13.5. The zero-order valence-electron chi connectivity index (χ0n) is 5.99. The maximum absolute atomic E-state index is 12.8. The average Bonchev–Trinajstić information content (AvgIpc) is 1.96. The third-order valence-electron chi connectivity index (χ3n) is 1.36. The number of hydrogen-bond donors (Lipinski definition) is 2. The second-order valence-electron chi connectivity index (χ2n) is 2.10. The highest BCUT2D eigenvalue weighted by Gasteiger charge is 2.04. The average molecular weight is 219 g/mol. The van der Waals surface area contributed by atoms with Crippen molar-refractivity contribution in [2.45, 2.75) is 0 Å². The van der Waals surface area contributed by atoms with Crippen molar-refractivity contribution in [3.63, 3.8) is 0 Å². The summed E-state index contributed by atoms with van der Waals surface area (Å²) in [7, 11) is 1.69. The van der Waals surface area contributed by atoms with Crippen molar-refractivity contribution in [2.24, 2.45) is 0 Å². The second kappa shape index (κ2) is 3.09. The first-order valence-electron chi connectivity index (χ1n) is 3.07. The standard InChI is InChI=1S/C7H8BrFN2/c1-11-6-3-4(8)2-5(9)7(6)10/h2-3,11H,10H2,1H3. The van der Waals surface area contributed by atoms with Crippen molar-refractivity contribution < 1.29 is 4.39 Å². The van der Waals surface area contributed by atoms with E-state index in [1.54, 1.807) is 13.1 Å². The van der Waals surface area contributed by atoms with Gasteiger partial charge in [0.15, 0.2) is 0 Å². The maximum Gasteiger partial charge on any atom is 0.149 e. The van der Waals surface area contributed by atoms with Crippen molar-refractivity contribution in [3.8, 4) is 0 Å². The minimum Gasteiger partial charge on any atom is -0.395 e. The summed E-state index contributed by atoms with van der Waals surface area (Å²) in [6, 6.07) is 3.05. The monoisotopic (exact) mass is 218 g/mol. The summed E-state index contributed by atoms with van der Waals surface area (Å²) in [6.07, 6.45) is 0. The minimum atomic E-state index is -0.413. The maximum atomic E-state index is 12.8. The zero-order valence-corrected chi connectivity index (χ0v) is 7.57. The number of hydrogen-bond acceptors (Lipinski definition) is 2. The number of rotatable bonds is 1. The lowest BCUT2D eigenvalue weighted by atomic mass is 10.2. The highest BCUT2D eigenvalue weighted by atomic mass is 79.9. The molecule has 0 unspecified atom stereocenters. The van der Waals surface area contributed by atoms with Crippen LogP contribution in [0.2, 0.25) is 0 Å². The third-order valence-corrected chi connectivity index (χ3v) is 1.82. The Bertz CT molecular complexity index is 275. The van der Waals surface area contributed by atoms with Gasteiger partial charge in [0, 0.05) is 11.5 Å². The first-order chi connectivity index (χ1) is 5.15. The number of anilines is 2.